The quantitative estimate of drug-likeness (QED) is 0.165. The van der Waals surface area contributed by atoms with E-state index in [4.69, 9.17) is 14.8 Å². The Kier molecular flexibility index (Phi) is 7.91. The van der Waals surface area contributed by atoms with Crippen LogP contribution in [-0.4, -0.2) is 19.3 Å². The van der Waals surface area contributed by atoms with Gasteiger partial charge in [-0.25, -0.2) is 9.67 Å². The van der Waals surface area contributed by atoms with Crippen molar-refractivity contribution in [3.05, 3.63) is 131 Å². The van der Waals surface area contributed by atoms with E-state index in [9.17, 15) is 0 Å². The van der Waals surface area contributed by atoms with Crippen molar-refractivity contribution in [1.82, 2.24) is 19.3 Å². The summed E-state index contributed by atoms with van der Waals surface area (Å²) in [5.74, 6) is 2.45. The van der Waals surface area contributed by atoms with E-state index in [1.54, 1.807) is 0 Å². The summed E-state index contributed by atoms with van der Waals surface area (Å²) in [4.78, 5) is 4.73. The zero-order valence-corrected chi connectivity index (χ0v) is 27.3. The van der Waals surface area contributed by atoms with Crippen LogP contribution in [0.3, 0.4) is 0 Å². The molecule has 3 aromatic heterocycles. The summed E-state index contributed by atoms with van der Waals surface area (Å²) >= 11 is 0. The second-order valence-corrected chi connectivity index (χ2v) is 12.3. The van der Waals surface area contributed by atoms with Crippen molar-refractivity contribution in [2.45, 2.75) is 60.3 Å². The van der Waals surface area contributed by atoms with Crippen molar-refractivity contribution in [2.75, 3.05) is 0 Å². The van der Waals surface area contributed by atoms with Gasteiger partial charge in [0.2, 0.25) is 0 Å². The molecule has 0 spiro atoms. The molecule has 0 aliphatic heterocycles. The maximum Gasteiger partial charge on any atom is 0.137 e. The van der Waals surface area contributed by atoms with Crippen molar-refractivity contribution in [3.8, 4) is 34.1 Å². The fourth-order valence-corrected chi connectivity index (χ4v) is 6.81. The molecular weight excluding hydrogens is 564 g/mol. The normalized spacial score (nSPS) is 11.5. The highest BCUT2D eigenvalue weighted by Gasteiger charge is 2.22. The first-order valence-corrected chi connectivity index (χ1v) is 16.4. The molecule has 5 heteroatoms. The minimum atomic E-state index is 0.775. The lowest BCUT2D eigenvalue weighted by Crippen LogP contribution is -2.03. The Morgan fingerprint density at radius 2 is 1.39 bits per heavy atom. The molecule has 0 saturated carbocycles. The van der Waals surface area contributed by atoms with E-state index in [1.807, 2.05) is 18.3 Å². The first kappa shape index (κ1) is 29.5. The van der Waals surface area contributed by atoms with Gasteiger partial charge in [0.15, 0.2) is 0 Å². The lowest BCUT2D eigenvalue weighted by atomic mass is 9.91. The summed E-state index contributed by atoms with van der Waals surface area (Å²) in [5.41, 5.74) is 12.0. The van der Waals surface area contributed by atoms with Crippen LogP contribution in [0.2, 0.25) is 0 Å². The summed E-state index contributed by atoms with van der Waals surface area (Å²) in [6.45, 7) is 11.0. The van der Waals surface area contributed by atoms with Crippen LogP contribution >= 0.6 is 0 Å². The lowest BCUT2D eigenvalue weighted by Gasteiger charge is -2.14. The van der Waals surface area contributed by atoms with Crippen molar-refractivity contribution < 1.29 is 4.74 Å². The molecule has 0 aliphatic rings. The van der Waals surface area contributed by atoms with Crippen molar-refractivity contribution >= 4 is 21.8 Å². The summed E-state index contributed by atoms with van der Waals surface area (Å²) < 4.78 is 11.0. The number of rotatable bonds is 9. The fourth-order valence-electron chi connectivity index (χ4n) is 6.81. The van der Waals surface area contributed by atoms with Crippen LogP contribution in [0.1, 0.15) is 54.8 Å². The van der Waals surface area contributed by atoms with E-state index in [0.717, 1.165) is 65.4 Å². The largest absolute Gasteiger partial charge is 0.457 e. The minimum absolute atomic E-state index is 0.775. The van der Waals surface area contributed by atoms with Crippen LogP contribution in [0.25, 0.3) is 44.4 Å². The fraction of sp³-hybridized carbons (Fsp3) is 0.220. The zero-order valence-electron chi connectivity index (χ0n) is 27.3. The Morgan fingerprint density at radius 3 is 2.17 bits per heavy atom. The maximum absolute atomic E-state index is 6.59. The third kappa shape index (κ3) is 5.26. The monoisotopic (exact) mass is 604 g/mol. The molecule has 0 saturated heterocycles. The number of benzene rings is 4. The molecule has 0 amide bonds. The van der Waals surface area contributed by atoms with Crippen LogP contribution in [0.5, 0.6) is 11.5 Å². The Bertz CT molecular complexity index is 2180. The van der Waals surface area contributed by atoms with E-state index in [-0.39, 0.29) is 0 Å². The van der Waals surface area contributed by atoms with Crippen molar-refractivity contribution in [1.29, 1.82) is 0 Å². The van der Waals surface area contributed by atoms with Gasteiger partial charge >= 0.3 is 0 Å². The number of hydrogen-bond acceptors (Lipinski definition) is 3. The van der Waals surface area contributed by atoms with Gasteiger partial charge in [0.05, 0.1) is 28.1 Å². The van der Waals surface area contributed by atoms with E-state index in [1.165, 1.54) is 44.3 Å². The molecule has 0 radical (unpaired) electrons. The Morgan fingerprint density at radius 1 is 0.652 bits per heavy atom. The van der Waals surface area contributed by atoms with Crippen molar-refractivity contribution in [2.24, 2.45) is 0 Å². The number of pyridine rings is 1. The maximum atomic E-state index is 6.59. The minimum Gasteiger partial charge on any atom is -0.457 e. The standard InChI is InChI=1S/C41H40N4O/c1-6-12-35-41(40-28(4)14-10-15-29(40)5)37(13-7-2)45(43-35)30-16-11-17-31(25-30)46-32-20-21-34-33-18-8-9-19-36(33)44(38(34)26-32)39-24-27(3)22-23-42-39/h8-11,14-26H,6-7,12-13H2,1-5H3. The summed E-state index contributed by atoms with van der Waals surface area (Å²) in [6, 6.07) is 33.9. The summed E-state index contributed by atoms with van der Waals surface area (Å²) in [5, 5.41) is 7.63. The average molecular weight is 605 g/mol. The number of aromatic nitrogens is 4. The molecule has 0 N–H and O–H groups in total. The van der Waals surface area contributed by atoms with Gasteiger partial charge in [0, 0.05) is 34.7 Å². The van der Waals surface area contributed by atoms with Crippen LogP contribution in [0.4, 0.5) is 0 Å². The highest BCUT2D eigenvalue weighted by molar-refractivity contribution is 6.09. The predicted octanol–water partition coefficient (Wildman–Crippen LogP) is 10.7. The third-order valence-corrected chi connectivity index (χ3v) is 8.83. The first-order valence-electron chi connectivity index (χ1n) is 16.4. The van der Waals surface area contributed by atoms with Crippen LogP contribution in [-0.2, 0) is 12.8 Å². The Balaban J connectivity index is 1.32. The molecule has 4 aromatic carbocycles. The second-order valence-electron chi connectivity index (χ2n) is 12.3. The van der Waals surface area contributed by atoms with Gasteiger partial charge in [-0.05, 0) is 98.3 Å². The molecule has 7 rings (SSSR count). The van der Waals surface area contributed by atoms with Gasteiger partial charge in [-0.2, -0.15) is 5.10 Å². The molecular formula is C41H40N4O. The molecule has 0 aliphatic carbocycles. The van der Waals surface area contributed by atoms with E-state index in [0.29, 0.717) is 0 Å². The van der Waals surface area contributed by atoms with Crippen molar-refractivity contribution in [3.63, 3.8) is 0 Å². The molecule has 0 bridgehead atoms. The van der Waals surface area contributed by atoms with E-state index < -0.39 is 0 Å². The number of nitrogens with zero attached hydrogens (tertiary/aromatic N) is 4. The first-order chi connectivity index (χ1) is 22.5. The van der Waals surface area contributed by atoms with E-state index >= 15 is 0 Å². The Labute approximate surface area is 271 Å². The van der Waals surface area contributed by atoms with Gasteiger partial charge < -0.3 is 4.74 Å². The smallest absolute Gasteiger partial charge is 0.137 e. The van der Waals surface area contributed by atoms with Crippen LogP contribution < -0.4 is 4.74 Å². The lowest BCUT2D eigenvalue weighted by molar-refractivity contribution is 0.482. The molecule has 0 fully saturated rings. The van der Waals surface area contributed by atoms with Crippen LogP contribution in [0.15, 0.2) is 103 Å². The highest BCUT2D eigenvalue weighted by Crippen LogP contribution is 2.38. The van der Waals surface area contributed by atoms with Gasteiger partial charge in [0.1, 0.15) is 17.3 Å². The summed E-state index contributed by atoms with van der Waals surface area (Å²) in [6.07, 6.45) is 5.83. The van der Waals surface area contributed by atoms with Gasteiger partial charge in [-0.15, -0.1) is 0 Å². The van der Waals surface area contributed by atoms with Gasteiger partial charge in [-0.1, -0.05) is 69.2 Å². The molecule has 5 nitrogen and oxygen atoms in total. The predicted molar refractivity (Wildman–Crippen MR) is 190 cm³/mol. The molecule has 46 heavy (non-hydrogen) atoms. The number of para-hydroxylation sites is 1. The molecule has 7 aromatic rings. The zero-order chi connectivity index (χ0) is 31.8. The molecule has 230 valence electrons. The molecule has 3 heterocycles. The van der Waals surface area contributed by atoms with Gasteiger partial charge in [0.25, 0.3) is 0 Å². The molecule has 0 atom stereocenters. The number of fused-ring (bicyclic) bond motifs is 3. The van der Waals surface area contributed by atoms with Gasteiger partial charge in [-0.3, -0.25) is 4.57 Å². The average Bonchev–Trinajstić information content (AvgIpc) is 3.57. The highest BCUT2D eigenvalue weighted by atomic mass is 16.5. The van der Waals surface area contributed by atoms with Crippen LogP contribution in [0, 0.1) is 20.8 Å². The third-order valence-electron chi connectivity index (χ3n) is 8.83. The second kappa shape index (κ2) is 12.3. The Hall–Kier alpha value is -5.16. The SMILES string of the molecule is CCCc1nn(-c2cccc(Oc3ccc4c5ccccc5n(-c5cc(C)ccn5)c4c3)c2)c(CCC)c1-c1c(C)cccc1C. The number of hydrogen-bond donors (Lipinski definition) is 0. The number of ether oxygens (including phenoxy) is 1. The summed E-state index contributed by atoms with van der Waals surface area (Å²) in [7, 11) is 0. The van der Waals surface area contributed by atoms with E-state index in [2.05, 4.69) is 129 Å². The molecule has 0 unspecified atom stereocenters. The number of aryl methyl sites for hydroxylation is 4. The topological polar surface area (TPSA) is 44.9 Å².